The molecule has 0 radical (unpaired) electrons. The Morgan fingerprint density at radius 1 is 0.854 bits per heavy atom. The Hall–Kier alpha value is -4.91. The minimum Gasteiger partial charge on any atom is -0.370 e. The van der Waals surface area contributed by atoms with Crippen molar-refractivity contribution in [2.75, 3.05) is 10.2 Å². The number of urea groups is 1. The number of amides is 2. The van der Waals surface area contributed by atoms with Gasteiger partial charge in [0.2, 0.25) is 0 Å². The Morgan fingerprint density at radius 2 is 1.56 bits per heavy atom. The van der Waals surface area contributed by atoms with E-state index in [1.165, 1.54) is 19.3 Å². The second kappa shape index (κ2) is 11.7. The first-order chi connectivity index (χ1) is 20.1. The van der Waals surface area contributed by atoms with Gasteiger partial charge in [-0.1, -0.05) is 86.0 Å². The van der Waals surface area contributed by atoms with Gasteiger partial charge in [0.05, 0.1) is 23.6 Å². The van der Waals surface area contributed by atoms with Gasteiger partial charge in [-0.05, 0) is 65.9 Å². The zero-order valence-electron chi connectivity index (χ0n) is 23.0. The largest absolute Gasteiger partial charge is 0.370 e. The van der Waals surface area contributed by atoms with Gasteiger partial charge in [0.1, 0.15) is 0 Å². The Bertz CT molecular complexity index is 1570. The molecule has 0 bridgehead atoms. The number of hydrogen-bond donors (Lipinski definition) is 3. The van der Waals surface area contributed by atoms with Crippen molar-refractivity contribution in [3.8, 4) is 11.1 Å². The highest BCUT2D eigenvalue weighted by Crippen LogP contribution is 2.38. The molecule has 1 aliphatic heterocycles. The van der Waals surface area contributed by atoms with Gasteiger partial charge in [-0.2, -0.15) is 5.10 Å². The van der Waals surface area contributed by atoms with E-state index in [4.69, 9.17) is 16.2 Å². The van der Waals surface area contributed by atoms with E-state index >= 15 is 0 Å². The lowest BCUT2D eigenvalue weighted by molar-refractivity contribution is 0.207. The molecule has 4 aromatic carbocycles. The van der Waals surface area contributed by atoms with Crippen molar-refractivity contribution in [2.45, 2.75) is 38.6 Å². The molecule has 1 aliphatic carbocycles. The van der Waals surface area contributed by atoms with Crippen molar-refractivity contribution >= 4 is 34.8 Å². The minimum absolute atomic E-state index is 0.136. The van der Waals surface area contributed by atoms with Gasteiger partial charge in [-0.25, -0.2) is 9.80 Å². The Kier molecular flexibility index (Phi) is 7.50. The number of anilines is 3. The number of fused-ring (bicyclic) bond motifs is 1. The maximum absolute atomic E-state index is 14.4. The first-order valence-corrected chi connectivity index (χ1v) is 14.2. The van der Waals surface area contributed by atoms with Crippen LogP contribution in [0, 0.1) is 11.3 Å². The first-order valence-electron chi connectivity index (χ1n) is 14.2. The predicted molar refractivity (Wildman–Crippen MR) is 166 cm³/mol. The second-order valence-electron chi connectivity index (χ2n) is 10.7. The predicted octanol–water partition coefficient (Wildman–Crippen LogP) is 7.72. The van der Waals surface area contributed by atoms with Crippen LogP contribution in [0.5, 0.6) is 0 Å². The van der Waals surface area contributed by atoms with Crippen LogP contribution in [-0.4, -0.2) is 22.7 Å². The van der Waals surface area contributed by atoms with E-state index < -0.39 is 0 Å². The van der Waals surface area contributed by atoms with Gasteiger partial charge in [-0.3, -0.25) is 10.3 Å². The number of benzene rings is 4. The monoisotopic (exact) mass is 542 g/mol. The quantitative estimate of drug-likeness (QED) is 0.172. The standard InChI is InChI=1S/C34H34N6O/c35-33(36)37-28-18-20-29(21-19-28)40-31-17-8-7-16-30(31)32(26-13-5-2-6-14-26)38-39(34(40)41)23-24-10-9-15-27(22-24)25-11-3-1-4-12-25/h1,3-4,7-12,15-22,26H,2,5-6,13-14,23H2,(H4,35,36,37). The Balaban J connectivity index is 1.43. The van der Waals surface area contributed by atoms with Crippen molar-refractivity contribution in [3.05, 3.63) is 114 Å². The summed E-state index contributed by atoms with van der Waals surface area (Å²) in [5.41, 5.74) is 13.0. The summed E-state index contributed by atoms with van der Waals surface area (Å²) >= 11 is 0. The fourth-order valence-electron chi connectivity index (χ4n) is 5.86. The molecular weight excluding hydrogens is 508 g/mol. The molecule has 0 aromatic heterocycles. The molecule has 2 aliphatic rings. The average Bonchev–Trinajstić information content (AvgIpc) is 3.12. The number of carbonyl (C=O) groups is 1. The molecule has 7 nitrogen and oxygen atoms in total. The zero-order valence-corrected chi connectivity index (χ0v) is 23.0. The lowest BCUT2D eigenvalue weighted by Gasteiger charge is -2.27. The van der Waals surface area contributed by atoms with Crippen LogP contribution in [0.3, 0.4) is 0 Å². The summed E-state index contributed by atoms with van der Waals surface area (Å²) in [6.45, 7) is 0.351. The molecule has 4 N–H and O–H groups in total. The molecule has 0 atom stereocenters. The number of nitrogens with two attached hydrogens (primary N) is 1. The van der Waals surface area contributed by atoms with E-state index in [9.17, 15) is 4.79 Å². The lowest BCUT2D eigenvalue weighted by Crippen LogP contribution is -2.36. The molecule has 0 unspecified atom stereocenters. The Morgan fingerprint density at radius 3 is 2.32 bits per heavy atom. The summed E-state index contributed by atoms with van der Waals surface area (Å²) in [7, 11) is 0. The second-order valence-corrected chi connectivity index (χ2v) is 10.7. The summed E-state index contributed by atoms with van der Waals surface area (Å²) in [4.78, 5) is 16.2. The van der Waals surface area contributed by atoms with E-state index in [1.807, 2.05) is 66.7 Å². The fourth-order valence-corrected chi connectivity index (χ4v) is 5.86. The number of nitrogens with one attached hydrogen (secondary N) is 2. The summed E-state index contributed by atoms with van der Waals surface area (Å²) < 4.78 is 0. The van der Waals surface area contributed by atoms with E-state index in [-0.39, 0.29) is 12.0 Å². The van der Waals surface area contributed by atoms with Crippen LogP contribution >= 0.6 is 0 Å². The number of hydrazone groups is 1. The van der Waals surface area contributed by atoms with Crippen LogP contribution in [0.4, 0.5) is 21.9 Å². The van der Waals surface area contributed by atoms with Crippen LogP contribution in [-0.2, 0) is 6.54 Å². The molecule has 2 amide bonds. The highest BCUT2D eigenvalue weighted by Gasteiger charge is 2.34. The van der Waals surface area contributed by atoms with Crippen molar-refractivity contribution in [3.63, 3.8) is 0 Å². The smallest absolute Gasteiger partial charge is 0.349 e. The molecule has 1 heterocycles. The highest BCUT2D eigenvalue weighted by atomic mass is 16.2. The van der Waals surface area contributed by atoms with Crippen molar-refractivity contribution in [1.29, 1.82) is 5.41 Å². The third-order valence-corrected chi connectivity index (χ3v) is 7.82. The topological polar surface area (TPSA) is 97.8 Å². The van der Waals surface area contributed by atoms with Crippen molar-refractivity contribution in [2.24, 2.45) is 16.8 Å². The molecule has 41 heavy (non-hydrogen) atoms. The first kappa shape index (κ1) is 26.3. The molecule has 0 spiro atoms. The van der Waals surface area contributed by atoms with E-state index in [0.717, 1.165) is 52.2 Å². The molecule has 1 saturated carbocycles. The van der Waals surface area contributed by atoms with Crippen LogP contribution in [0.25, 0.3) is 11.1 Å². The Labute approximate surface area is 240 Å². The molecule has 7 heteroatoms. The number of para-hydroxylation sites is 1. The van der Waals surface area contributed by atoms with Gasteiger partial charge in [0, 0.05) is 17.2 Å². The number of carbonyl (C=O) groups excluding carboxylic acids is 1. The zero-order chi connectivity index (χ0) is 28.2. The van der Waals surface area contributed by atoms with Crippen LogP contribution in [0.1, 0.15) is 43.2 Å². The SMILES string of the molecule is N=C(N)Nc1ccc(N2C(=O)N(Cc3cccc(-c4ccccc4)c3)N=C(C3CCCCC3)c3ccccc32)cc1. The van der Waals surface area contributed by atoms with E-state index in [2.05, 4.69) is 41.7 Å². The summed E-state index contributed by atoms with van der Waals surface area (Å²) in [6, 6.07) is 33.9. The summed E-state index contributed by atoms with van der Waals surface area (Å²) in [6.07, 6.45) is 5.74. The highest BCUT2D eigenvalue weighted by molar-refractivity contribution is 6.13. The summed E-state index contributed by atoms with van der Waals surface area (Å²) in [5, 5.41) is 17.1. The van der Waals surface area contributed by atoms with Crippen LogP contribution < -0.4 is 16.0 Å². The van der Waals surface area contributed by atoms with Gasteiger partial charge < -0.3 is 11.1 Å². The van der Waals surface area contributed by atoms with E-state index in [0.29, 0.717) is 18.2 Å². The molecular formula is C34H34N6O. The van der Waals surface area contributed by atoms with Crippen molar-refractivity contribution in [1.82, 2.24) is 5.01 Å². The molecule has 0 saturated heterocycles. The maximum atomic E-state index is 14.4. The minimum atomic E-state index is -0.208. The fraction of sp³-hybridized carbons (Fsp3) is 0.206. The van der Waals surface area contributed by atoms with Crippen LogP contribution in [0.15, 0.2) is 108 Å². The normalized spacial score (nSPS) is 15.6. The van der Waals surface area contributed by atoms with E-state index in [1.54, 1.807) is 9.91 Å². The van der Waals surface area contributed by atoms with Crippen LogP contribution in [0.2, 0.25) is 0 Å². The lowest BCUT2D eigenvalue weighted by atomic mass is 9.83. The van der Waals surface area contributed by atoms with Gasteiger partial charge in [0.15, 0.2) is 5.96 Å². The third-order valence-electron chi connectivity index (χ3n) is 7.82. The van der Waals surface area contributed by atoms with Gasteiger partial charge in [0.25, 0.3) is 0 Å². The summed E-state index contributed by atoms with van der Waals surface area (Å²) in [5.74, 6) is 0.168. The molecule has 4 aromatic rings. The average molecular weight is 543 g/mol. The molecule has 206 valence electrons. The van der Waals surface area contributed by atoms with Crippen molar-refractivity contribution < 1.29 is 4.79 Å². The maximum Gasteiger partial charge on any atom is 0.349 e. The van der Waals surface area contributed by atoms with Gasteiger partial charge >= 0.3 is 6.03 Å². The number of rotatable bonds is 6. The number of nitrogens with zero attached hydrogens (tertiary/aromatic N) is 3. The molecule has 1 fully saturated rings. The third kappa shape index (κ3) is 5.70. The number of hydrogen-bond acceptors (Lipinski definition) is 3. The molecule has 6 rings (SSSR count). The van der Waals surface area contributed by atoms with Gasteiger partial charge in [-0.15, -0.1) is 0 Å². The number of guanidine groups is 1.